The molecule has 0 radical (unpaired) electrons. The van der Waals surface area contributed by atoms with Crippen LogP contribution in [-0.4, -0.2) is 51.4 Å². The highest BCUT2D eigenvalue weighted by Gasteiger charge is 2.31. The van der Waals surface area contributed by atoms with Crippen LogP contribution in [0.3, 0.4) is 0 Å². The van der Waals surface area contributed by atoms with Crippen LogP contribution in [0, 0.1) is 0 Å². The Labute approximate surface area is 161 Å². The molecule has 0 spiro atoms. The summed E-state index contributed by atoms with van der Waals surface area (Å²) in [5.41, 5.74) is 1.18. The van der Waals surface area contributed by atoms with Crippen LogP contribution in [0.1, 0.15) is 81.3 Å². The molecule has 1 aliphatic heterocycles. The summed E-state index contributed by atoms with van der Waals surface area (Å²) >= 11 is 0. The summed E-state index contributed by atoms with van der Waals surface area (Å²) in [5, 5.41) is 7.50. The van der Waals surface area contributed by atoms with Crippen LogP contribution in [0.4, 0.5) is 4.79 Å². The molecule has 1 N–H and O–H groups in total. The van der Waals surface area contributed by atoms with Crippen molar-refractivity contribution >= 4 is 12.0 Å². The van der Waals surface area contributed by atoms with Crippen LogP contribution in [0.2, 0.25) is 0 Å². The standard InChI is InChI=1S/C20H32N4O3/c1-20(2,3)27-19(26)24-11-9-14(10-12-24)17-16(13-21-23(17)4)18(25)22-15-7-5-6-8-15/h13-15H,5-12H2,1-4H3,(H,22,25). The summed E-state index contributed by atoms with van der Waals surface area (Å²) < 4.78 is 7.29. The number of aryl methyl sites for hydroxylation is 1. The van der Waals surface area contributed by atoms with E-state index in [2.05, 4.69) is 10.4 Å². The lowest BCUT2D eigenvalue weighted by atomic mass is 9.91. The lowest BCUT2D eigenvalue weighted by molar-refractivity contribution is 0.0203. The number of hydrogen-bond donors (Lipinski definition) is 1. The van der Waals surface area contributed by atoms with Crippen molar-refractivity contribution in [1.29, 1.82) is 0 Å². The van der Waals surface area contributed by atoms with E-state index in [4.69, 9.17) is 4.74 Å². The average molecular weight is 377 g/mol. The number of nitrogens with one attached hydrogen (secondary N) is 1. The minimum atomic E-state index is -0.485. The summed E-state index contributed by atoms with van der Waals surface area (Å²) in [6.07, 6.45) is 7.54. The third-order valence-corrected chi connectivity index (χ3v) is 5.45. The largest absolute Gasteiger partial charge is 0.444 e. The molecule has 1 aromatic rings. The van der Waals surface area contributed by atoms with Crippen molar-refractivity contribution in [3.8, 4) is 0 Å². The summed E-state index contributed by atoms with van der Waals surface area (Å²) in [7, 11) is 1.89. The fourth-order valence-corrected chi connectivity index (χ4v) is 4.10. The maximum atomic E-state index is 12.8. The van der Waals surface area contributed by atoms with Crippen molar-refractivity contribution in [3.63, 3.8) is 0 Å². The Bertz CT molecular complexity index is 678. The first-order valence-electron chi connectivity index (χ1n) is 10.1. The number of aromatic nitrogens is 2. The van der Waals surface area contributed by atoms with Crippen molar-refractivity contribution < 1.29 is 14.3 Å². The van der Waals surface area contributed by atoms with E-state index < -0.39 is 5.60 Å². The zero-order valence-electron chi connectivity index (χ0n) is 17.0. The van der Waals surface area contributed by atoms with Gasteiger partial charge in [-0.15, -0.1) is 0 Å². The third-order valence-electron chi connectivity index (χ3n) is 5.45. The van der Waals surface area contributed by atoms with Crippen LogP contribution in [-0.2, 0) is 11.8 Å². The first-order chi connectivity index (χ1) is 12.7. The van der Waals surface area contributed by atoms with Gasteiger partial charge in [-0.2, -0.15) is 5.10 Å². The predicted molar refractivity (Wildman–Crippen MR) is 103 cm³/mol. The molecule has 2 fully saturated rings. The second kappa shape index (κ2) is 7.90. The van der Waals surface area contributed by atoms with Crippen molar-refractivity contribution in [2.45, 2.75) is 76.9 Å². The summed E-state index contributed by atoms with van der Waals surface area (Å²) in [4.78, 5) is 26.8. The highest BCUT2D eigenvalue weighted by Crippen LogP contribution is 2.31. The lowest BCUT2D eigenvalue weighted by Crippen LogP contribution is -2.41. The normalized spacial score (nSPS) is 19.3. The van der Waals surface area contributed by atoms with Gasteiger partial charge in [0.1, 0.15) is 5.60 Å². The molecule has 3 rings (SSSR count). The van der Waals surface area contributed by atoms with Crippen molar-refractivity contribution in [2.24, 2.45) is 7.05 Å². The fraction of sp³-hybridized carbons (Fsp3) is 0.750. The van der Waals surface area contributed by atoms with Gasteiger partial charge >= 0.3 is 6.09 Å². The maximum absolute atomic E-state index is 12.8. The molecule has 1 saturated heterocycles. The quantitative estimate of drug-likeness (QED) is 0.879. The zero-order valence-corrected chi connectivity index (χ0v) is 17.0. The summed E-state index contributed by atoms with van der Waals surface area (Å²) in [6, 6.07) is 0.291. The smallest absolute Gasteiger partial charge is 0.410 e. The van der Waals surface area contributed by atoms with Crippen LogP contribution in [0.5, 0.6) is 0 Å². The number of nitrogens with zero attached hydrogens (tertiary/aromatic N) is 3. The topological polar surface area (TPSA) is 76.5 Å². The zero-order chi connectivity index (χ0) is 19.6. The van der Waals surface area contributed by atoms with E-state index in [1.54, 1.807) is 11.1 Å². The molecule has 1 aliphatic carbocycles. The molecule has 1 saturated carbocycles. The Hall–Kier alpha value is -2.05. The Morgan fingerprint density at radius 3 is 2.37 bits per heavy atom. The second-order valence-electron chi connectivity index (χ2n) is 8.76. The lowest BCUT2D eigenvalue weighted by Gasteiger charge is -2.33. The first-order valence-corrected chi connectivity index (χ1v) is 10.1. The minimum Gasteiger partial charge on any atom is -0.444 e. The predicted octanol–water partition coefficient (Wildman–Crippen LogP) is 3.21. The highest BCUT2D eigenvalue weighted by molar-refractivity contribution is 5.95. The van der Waals surface area contributed by atoms with Gasteiger partial charge < -0.3 is 15.0 Å². The van der Waals surface area contributed by atoms with E-state index in [0.29, 0.717) is 24.7 Å². The van der Waals surface area contributed by atoms with E-state index in [0.717, 1.165) is 31.4 Å². The Balaban J connectivity index is 1.63. The number of piperidine rings is 1. The van der Waals surface area contributed by atoms with E-state index in [1.807, 2.05) is 32.5 Å². The average Bonchev–Trinajstić information content (AvgIpc) is 3.23. The molecule has 0 atom stereocenters. The second-order valence-corrected chi connectivity index (χ2v) is 8.76. The van der Waals surface area contributed by atoms with Gasteiger partial charge in [0.05, 0.1) is 17.5 Å². The molecule has 2 heterocycles. The molecule has 2 aliphatic rings. The maximum Gasteiger partial charge on any atom is 0.410 e. The van der Waals surface area contributed by atoms with Gasteiger partial charge in [0.15, 0.2) is 0 Å². The van der Waals surface area contributed by atoms with E-state index in [9.17, 15) is 9.59 Å². The van der Waals surface area contributed by atoms with Crippen LogP contribution < -0.4 is 5.32 Å². The van der Waals surface area contributed by atoms with Crippen LogP contribution in [0.15, 0.2) is 6.20 Å². The minimum absolute atomic E-state index is 0.0143. The fourth-order valence-electron chi connectivity index (χ4n) is 4.10. The molecule has 7 heteroatoms. The number of carbonyl (C=O) groups excluding carboxylic acids is 2. The highest BCUT2D eigenvalue weighted by atomic mass is 16.6. The molecule has 7 nitrogen and oxygen atoms in total. The molecular formula is C20H32N4O3. The molecule has 0 aromatic carbocycles. The Morgan fingerprint density at radius 1 is 1.15 bits per heavy atom. The van der Waals surface area contributed by atoms with Crippen molar-refractivity contribution in [1.82, 2.24) is 20.0 Å². The monoisotopic (exact) mass is 376 g/mol. The molecule has 2 amide bonds. The molecular weight excluding hydrogens is 344 g/mol. The Morgan fingerprint density at radius 2 is 1.78 bits per heavy atom. The number of amides is 2. The van der Waals surface area contributed by atoms with Gasteiger partial charge in [0.2, 0.25) is 0 Å². The van der Waals surface area contributed by atoms with Crippen LogP contribution in [0.25, 0.3) is 0 Å². The molecule has 27 heavy (non-hydrogen) atoms. The molecule has 150 valence electrons. The SMILES string of the molecule is Cn1ncc(C(=O)NC2CCCC2)c1C1CCN(C(=O)OC(C)(C)C)CC1. The number of hydrogen-bond acceptors (Lipinski definition) is 4. The Kier molecular flexibility index (Phi) is 5.77. The van der Waals surface area contributed by atoms with Gasteiger partial charge in [-0.25, -0.2) is 4.79 Å². The number of carbonyl (C=O) groups is 2. The third kappa shape index (κ3) is 4.82. The van der Waals surface area contributed by atoms with Gasteiger partial charge in [-0.1, -0.05) is 12.8 Å². The first kappa shape index (κ1) is 19.7. The molecule has 0 bridgehead atoms. The molecule has 1 aromatic heterocycles. The van der Waals surface area contributed by atoms with Crippen molar-refractivity contribution in [3.05, 3.63) is 17.5 Å². The van der Waals surface area contributed by atoms with Gasteiger partial charge in [0, 0.05) is 32.1 Å². The summed E-state index contributed by atoms with van der Waals surface area (Å²) in [6.45, 7) is 6.90. The van der Waals surface area contributed by atoms with Gasteiger partial charge in [-0.05, 0) is 46.5 Å². The molecule has 0 unspecified atom stereocenters. The van der Waals surface area contributed by atoms with E-state index >= 15 is 0 Å². The van der Waals surface area contributed by atoms with E-state index in [1.165, 1.54) is 12.8 Å². The van der Waals surface area contributed by atoms with Crippen LogP contribution >= 0.6 is 0 Å². The van der Waals surface area contributed by atoms with Gasteiger partial charge in [0.25, 0.3) is 5.91 Å². The number of ether oxygens (including phenoxy) is 1. The van der Waals surface area contributed by atoms with E-state index in [-0.39, 0.29) is 17.9 Å². The van der Waals surface area contributed by atoms with Gasteiger partial charge in [-0.3, -0.25) is 9.48 Å². The number of likely N-dealkylation sites (tertiary alicyclic amines) is 1. The number of rotatable bonds is 3. The summed E-state index contributed by atoms with van der Waals surface area (Å²) in [5.74, 6) is 0.208. The van der Waals surface area contributed by atoms with Crippen molar-refractivity contribution in [2.75, 3.05) is 13.1 Å².